The molecule has 1 rings (SSSR count). The third kappa shape index (κ3) is 6.88. The molecule has 0 aliphatic heterocycles. The number of nitrogens with one attached hydrogen (secondary N) is 3. The Morgan fingerprint density at radius 2 is 1.77 bits per heavy atom. The first kappa shape index (κ1) is 17.7. The Hall–Kier alpha value is -2.37. The average molecular weight is 305 g/mol. The molecule has 0 unspecified atom stereocenters. The van der Waals surface area contributed by atoms with Gasteiger partial charge in [-0.25, -0.2) is 0 Å². The number of rotatable bonds is 8. The van der Waals surface area contributed by atoms with Gasteiger partial charge in [0.05, 0.1) is 6.54 Å². The second-order valence-electron chi connectivity index (χ2n) is 4.91. The summed E-state index contributed by atoms with van der Waals surface area (Å²) < 4.78 is 0. The SMILES string of the molecule is CCCC(=O)Nc1cccc(CNC(=O)CNC(=O)CC)c1. The molecule has 3 N–H and O–H groups in total. The van der Waals surface area contributed by atoms with E-state index in [2.05, 4.69) is 16.0 Å². The van der Waals surface area contributed by atoms with Crippen molar-refractivity contribution in [2.24, 2.45) is 0 Å². The zero-order valence-corrected chi connectivity index (χ0v) is 13.1. The summed E-state index contributed by atoms with van der Waals surface area (Å²) in [7, 11) is 0. The predicted molar refractivity (Wildman–Crippen MR) is 85.1 cm³/mol. The lowest BCUT2D eigenvalue weighted by molar-refractivity contribution is -0.126. The molecular weight excluding hydrogens is 282 g/mol. The number of amides is 3. The van der Waals surface area contributed by atoms with Crippen LogP contribution in [0.4, 0.5) is 5.69 Å². The molecule has 0 saturated carbocycles. The molecule has 1 aromatic carbocycles. The maximum absolute atomic E-state index is 11.6. The monoisotopic (exact) mass is 305 g/mol. The zero-order valence-electron chi connectivity index (χ0n) is 13.1. The lowest BCUT2D eigenvalue weighted by Crippen LogP contribution is -2.36. The Morgan fingerprint density at radius 1 is 1.00 bits per heavy atom. The smallest absolute Gasteiger partial charge is 0.239 e. The topological polar surface area (TPSA) is 87.3 Å². The van der Waals surface area contributed by atoms with Gasteiger partial charge in [0, 0.05) is 25.1 Å². The predicted octanol–water partition coefficient (Wildman–Crippen LogP) is 1.57. The van der Waals surface area contributed by atoms with Crippen LogP contribution in [0.5, 0.6) is 0 Å². The number of carbonyl (C=O) groups excluding carboxylic acids is 3. The van der Waals surface area contributed by atoms with Crippen LogP contribution >= 0.6 is 0 Å². The Labute approximate surface area is 130 Å². The minimum atomic E-state index is -0.248. The quantitative estimate of drug-likeness (QED) is 0.681. The van der Waals surface area contributed by atoms with Crippen molar-refractivity contribution in [3.05, 3.63) is 29.8 Å². The summed E-state index contributed by atoms with van der Waals surface area (Å²) in [5, 5.41) is 8.04. The van der Waals surface area contributed by atoms with Crippen molar-refractivity contribution in [1.82, 2.24) is 10.6 Å². The largest absolute Gasteiger partial charge is 0.350 e. The van der Waals surface area contributed by atoms with Crippen LogP contribution in [-0.2, 0) is 20.9 Å². The second kappa shape index (κ2) is 9.55. The van der Waals surface area contributed by atoms with Gasteiger partial charge in [-0.2, -0.15) is 0 Å². The first-order valence-corrected chi connectivity index (χ1v) is 7.47. The average Bonchev–Trinajstić information content (AvgIpc) is 2.51. The summed E-state index contributed by atoms with van der Waals surface area (Å²) in [5.74, 6) is -0.427. The van der Waals surface area contributed by atoms with Gasteiger partial charge in [-0.3, -0.25) is 14.4 Å². The van der Waals surface area contributed by atoms with E-state index in [0.29, 0.717) is 25.1 Å². The normalized spacial score (nSPS) is 9.91. The van der Waals surface area contributed by atoms with Gasteiger partial charge in [0.15, 0.2) is 0 Å². The maximum Gasteiger partial charge on any atom is 0.239 e. The van der Waals surface area contributed by atoms with Crippen LogP contribution in [0.3, 0.4) is 0 Å². The highest BCUT2D eigenvalue weighted by atomic mass is 16.2. The molecule has 0 aliphatic carbocycles. The Balaban J connectivity index is 2.44. The number of hydrogen-bond acceptors (Lipinski definition) is 3. The molecule has 0 saturated heterocycles. The third-order valence-corrected chi connectivity index (χ3v) is 2.94. The Kier molecular flexibility index (Phi) is 7.67. The molecule has 0 spiro atoms. The molecule has 0 fully saturated rings. The van der Waals surface area contributed by atoms with Crippen LogP contribution in [0, 0.1) is 0 Å². The van der Waals surface area contributed by atoms with Crippen molar-refractivity contribution in [1.29, 1.82) is 0 Å². The number of anilines is 1. The van der Waals surface area contributed by atoms with Gasteiger partial charge in [0.2, 0.25) is 17.7 Å². The summed E-state index contributed by atoms with van der Waals surface area (Å²) in [5.41, 5.74) is 1.59. The van der Waals surface area contributed by atoms with Gasteiger partial charge >= 0.3 is 0 Å². The lowest BCUT2D eigenvalue weighted by atomic mass is 10.2. The van der Waals surface area contributed by atoms with Crippen molar-refractivity contribution >= 4 is 23.4 Å². The van der Waals surface area contributed by atoms with E-state index >= 15 is 0 Å². The molecule has 3 amide bonds. The van der Waals surface area contributed by atoms with E-state index in [1.807, 2.05) is 25.1 Å². The van der Waals surface area contributed by atoms with E-state index in [-0.39, 0.29) is 24.3 Å². The van der Waals surface area contributed by atoms with Crippen LogP contribution in [0.1, 0.15) is 38.7 Å². The van der Waals surface area contributed by atoms with Crippen LogP contribution in [0.15, 0.2) is 24.3 Å². The molecule has 22 heavy (non-hydrogen) atoms. The van der Waals surface area contributed by atoms with Crippen LogP contribution in [-0.4, -0.2) is 24.3 Å². The molecule has 6 heteroatoms. The molecule has 0 bridgehead atoms. The summed E-state index contributed by atoms with van der Waals surface area (Å²) in [4.78, 5) is 34.2. The molecule has 120 valence electrons. The fourth-order valence-corrected chi connectivity index (χ4v) is 1.78. The van der Waals surface area contributed by atoms with Crippen molar-refractivity contribution in [2.75, 3.05) is 11.9 Å². The summed E-state index contributed by atoms with van der Waals surface area (Å²) >= 11 is 0. The van der Waals surface area contributed by atoms with Gasteiger partial charge in [-0.05, 0) is 24.1 Å². The molecule has 0 aliphatic rings. The molecule has 6 nitrogen and oxygen atoms in total. The van der Waals surface area contributed by atoms with Gasteiger partial charge in [-0.15, -0.1) is 0 Å². The third-order valence-electron chi connectivity index (χ3n) is 2.94. The molecule has 0 atom stereocenters. The second-order valence-corrected chi connectivity index (χ2v) is 4.91. The van der Waals surface area contributed by atoms with Crippen molar-refractivity contribution in [3.8, 4) is 0 Å². The van der Waals surface area contributed by atoms with Gasteiger partial charge in [0.25, 0.3) is 0 Å². The highest BCUT2D eigenvalue weighted by molar-refractivity contribution is 5.90. The number of carbonyl (C=O) groups is 3. The van der Waals surface area contributed by atoms with Crippen LogP contribution in [0.25, 0.3) is 0 Å². The zero-order chi connectivity index (χ0) is 16.4. The van der Waals surface area contributed by atoms with Crippen LogP contribution < -0.4 is 16.0 Å². The molecular formula is C16H23N3O3. The minimum Gasteiger partial charge on any atom is -0.350 e. The maximum atomic E-state index is 11.6. The summed E-state index contributed by atoms with van der Waals surface area (Å²) in [6, 6.07) is 7.31. The van der Waals surface area contributed by atoms with Gasteiger partial charge < -0.3 is 16.0 Å². The van der Waals surface area contributed by atoms with Crippen LogP contribution in [0.2, 0.25) is 0 Å². The van der Waals surface area contributed by atoms with E-state index in [1.165, 1.54) is 0 Å². The summed E-state index contributed by atoms with van der Waals surface area (Å²) in [6.07, 6.45) is 1.63. The van der Waals surface area contributed by atoms with E-state index in [4.69, 9.17) is 0 Å². The van der Waals surface area contributed by atoms with Gasteiger partial charge in [-0.1, -0.05) is 26.0 Å². The molecule has 0 aromatic heterocycles. The highest BCUT2D eigenvalue weighted by Crippen LogP contribution is 2.11. The Bertz CT molecular complexity index is 529. The van der Waals surface area contributed by atoms with Crippen molar-refractivity contribution in [2.45, 2.75) is 39.7 Å². The fourth-order valence-electron chi connectivity index (χ4n) is 1.78. The number of hydrogen-bond donors (Lipinski definition) is 3. The fraction of sp³-hybridized carbons (Fsp3) is 0.438. The highest BCUT2D eigenvalue weighted by Gasteiger charge is 2.05. The van der Waals surface area contributed by atoms with Crippen molar-refractivity contribution in [3.63, 3.8) is 0 Å². The molecule has 0 radical (unpaired) electrons. The minimum absolute atomic E-state index is 0.0223. The summed E-state index contributed by atoms with van der Waals surface area (Å²) in [6.45, 7) is 3.99. The number of benzene rings is 1. The van der Waals surface area contributed by atoms with E-state index in [9.17, 15) is 14.4 Å². The van der Waals surface area contributed by atoms with E-state index in [1.54, 1.807) is 13.0 Å². The molecule has 1 aromatic rings. The lowest BCUT2D eigenvalue weighted by Gasteiger charge is -2.09. The first-order chi connectivity index (χ1) is 10.5. The first-order valence-electron chi connectivity index (χ1n) is 7.47. The Morgan fingerprint density at radius 3 is 2.45 bits per heavy atom. The van der Waals surface area contributed by atoms with Crippen molar-refractivity contribution < 1.29 is 14.4 Å². The standard InChI is InChI=1S/C16H23N3O3/c1-3-6-15(21)19-13-8-5-7-12(9-13)10-17-16(22)11-18-14(20)4-2/h5,7-9H,3-4,6,10-11H2,1-2H3,(H,17,22)(H,18,20)(H,19,21). The molecule has 0 heterocycles. The van der Waals surface area contributed by atoms with E-state index in [0.717, 1.165) is 12.0 Å². The van der Waals surface area contributed by atoms with Gasteiger partial charge in [0.1, 0.15) is 0 Å². The van der Waals surface area contributed by atoms with E-state index < -0.39 is 0 Å².